The first-order valence-corrected chi connectivity index (χ1v) is 4.27. The van der Waals surface area contributed by atoms with Crippen molar-refractivity contribution in [3.05, 3.63) is 29.8 Å². The second kappa shape index (κ2) is 4.40. The Balaban J connectivity index is 2.88. The van der Waals surface area contributed by atoms with Crippen molar-refractivity contribution in [2.45, 2.75) is 6.18 Å². The van der Waals surface area contributed by atoms with Crippen molar-refractivity contribution in [3.8, 4) is 0 Å². The molecule has 2 amide bonds. The lowest BCUT2D eigenvalue weighted by atomic mass is 10.2. The van der Waals surface area contributed by atoms with Crippen LogP contribution < -0.4 is 11.2 Å². The Kier molecular flexibility index (Phi) is 3.38. The molecule has 0 atom stereocenters. The van der Waals surface area contributed by atoms with Crippen molar-refractivity contribution < 1.29 is 18.0 Å². The predicted octanol–water partition coefficient (Wildman–Crippen LogP) is 2.04. The number of hydrogen-bond acceptors (Lipinski definition) is 2. The molecule has 0 bridgehead atoms. The summed E-state index contributed by atoms with van der Waals surface area (Å²) in [6.07, 6.45) is -4.44. The largest absolute Gasteiger partial charge is 0.416 e. The Bertz CT molecular complexity index is 390. The number of hydrogen-bond donors (Lipinski definition) is 2. The first-order valence-electron chi connectivity index (χ1n) is 4.27. The topological polar surface area (TPSA) is 58.4 Å². The fourth-order valence-corrected chi connectivity index (χ4v) is 0.985. The van der Waals surface area contributed by atoms with E-state index in [1.54, 1.807) is 0 Å². The van der Waals surface area contributed by atoms with Gasteiger partial charge in [-0.15, -0.1) is 0 Å². The highest BCUT2D eigenvalue weighted by molar-refractivity contribution is 5.88. The van der Waals surface area contributed by atoms with Crippen LogP contribution >= 0.6 is 0 Å². The minimum atomic E-state index is -4.44. The van der Waals surface area contributed by atoms with Crippen molar-refractivity contribution in [3.63, 3.8) is 0 Å². The quantitative estimate of drug-likeness (QED) is 0.443. The fourth-order valence-electron chi connectivity index (χ4n) is 0.985. The number of rotatable bonds is 1. The van der Waals surface area contributed by atoms with Crippen LogP contribution in [0.5, 0.6) is 0 Å². The van der Waals surface area contributed by atoms with E-state index in [4.69, 9.17) is 5.84 Å². The van der Waals surface area contributed by atoms with Crippen LogP contribution in [0.1, 0.15) is 5.56 Å². The molecule has 0 saturated carbocycles. The minimum absolute atomic E-state index is 0.0390. The maximum atomic E-state index is 12.3. The molecule has 88 valence electrons. The summed E-state index contributed by atoms with van der Waals surface area (Å²) in [5, 5.41) is 2.95. The average molecular weight is 233 g/mol. The lowest BCUT2D eigenvalue weighted by molar-refractivity contribution is -0.137. The molecule has 0 spiro atoms. The summed E-state index contributed by atoms with van der Waals surface area (Å²) in [7, 11) is 1.28. The Morgan fingerprint density at radius 2 is 2.06 bits per heavy atom. The molecule has 0 heterocycles. The molecule has 0 aliphatic carbocycles. The molecule has 0 aliphatic heterocycles. The van der Waals surface area contributed by atoms with E-state index in [1.807, 2.05) is 0 Å². The summed E-state index contributed by atoms with van der Waals surface area (Å²) in [6.45, 7) is 0. The molecule has 1 aromatic rings. The highest BCUT2D eigenvalue weighted by Crippen LogP contribution is 2.30. The first-order chi connectivity index (χ1) is 7.30. The van der Waals surface area contributed by atoms with Crippen LogP contribution in [0.25, 0.3) is 0 Å². The van der Waals surface area contributed by atoms with Crippen LogP contribution in [-0.4, -0.2) is 18.1 Å². The zero-order valence-electron chi connectivity index (χ0n) is 8.38. The second-order valence-electron chi connectivity index (χ2n) is 3.12. The number of amides is 2. The van der Waals surface area contributed by atoms with Gasteiger partial charge in [-0.25, -0.2) is 10.6 Å². The van der Waals surface area contributed by atoms with Gasteiger partial charge in [0.15, 0.2) is 0 Å². The van der Waals surface area contributed by atoms with E-state index < -0.39 is 17.8 Å². The number of nitrogens with two attached hydrogens (primary N) is 1. The number of halogens is 3. The van der Waals surface area contributed by atoms with E-state index in [9.17, 15) is 18.0 Å². The molecule has 16 heavy (non-hydrogen) atoms. The third kappa shape index (κ3) is 3.13. The number of hydrazine groups is 1. The molecule has 0 fully saturated rings. The van der Waals surface area contributed by atoms with Crippen molar-refractivity contribution in [2.75, 3.05) is 12.4 Å². The van der Waals surface area contributed by atoms with Crippen molar-refractivity contribution in [2.24, 2.45) is 5.84 Å². The molecule has 4 nitrogen and oxygen atoms in total. The van der Waals surface area contributed by atoms with Gasteiger partial charge in [0.25, 0.3) is 0 Å². The fraction of sp³-hybridized carbons (Fsp3) is 0.222. The SMILES string of the molecule is CN(N)C(=O)Nc1cccc(C(F)(F)F)c1. The minimum Gasteiger partial charge on any atom is -0.307 e. The van der Waals surface area contributed by atoms with Crippen LogP contribution in [0.2, 0.25) is 0 Å². The summed E-state index contributed by atoms with van der Waals surface area (Å²) in [4.78, 5) is 11.1. The van der Waals surface area contributed by atoms with E-state index in [0.29, 0.717) is 0 Å². The maximum Gasteiger partial charge on any atom is 0.416 e. The summed E-state index contributed by atoms with van der Waals surface area (Å²) >= 11 is 0. The third-order valence-electron chi connectivity index (χ3n) is 1.76. The van der Waals surface area contributed by atoms with Gasteiger partial charge in [0.05, 0.1) is 5.56 Å². The molecular weight excluding hydrogens is 223 g/mol. The maximum absolute atomic E-state index is 12.3. The molecule has 1 rings (SSSR count). The molecule has 0 unspecified atom stereocenters. The first kappa shape index (κ1) is 12.3. The van der Waals surface area contributed by atoms with Crippen molar-refractivity contribution in [1.82, 2.24) is 5.01 Å². The smallest absolute Gasteiger partial charge is 0.307 e. The Morgan fingerprint density at radius 3 is 2.56 bits per heavy atom. The highest BCUT2D eigenvalue weighted by atomic mass is 19.4. The summed E-state index contributed by atoms with van der Waals surface area (Å²) in [5.41, 5.74) is -0.790. The monoisotopic (exact) mass is 233 g/mol. The molecule has 0 radical (unpaired) electrons. The Morgan fingerprint density at radius 1 is 1.44 bits per heavy atom. The molecule has 0 aliphatic rings. The van der Waals surface area contributed by atoms with Crippen LogP contribution in [0, 0.1) is 0 Å². The van der Waals surface area contributed by atoms with Crippen molar-refractivity contribution in [1.29, 1.82) is 0 Å². The lowest BCUT2D eigenvalue weighted by Crippen LogP contribution is -2.36. The number of nitrogens with one attached hydrogen (secondary N) is 1. The zero-order chi connectivity index (χ0) is 12.3. The number of anilines is 1. The molecular formula is C9H10F3N3O. The van der Waals surface area contributed by atoms with E-state index in [2.05, 4.69) is 5.32 Å². The van der Waals surface area contributed by atoms with Gasteiger partial charge in [0, 0.05) is 12.7 Å². The highest BCUT2D eigenvalue weighted by Gasteiger charge is 2.30. The summed E-state index contributed by atoms with van der Waals surface area (Å²) in [6, 6.07) is 3.61. The number of nitrogens with zero attached hydrogens (tertiary/aromatic N) is 1. The normalized spacial score (nSPS) is 11.1. The Labute approximate surface area is 89.8 Å². The molecule has 0 aromatic heterocycles. The van der Waals surface area contributed by atoms with Gasteiger partial charge in [-0.1, -0.05) is 6.07 Å². The zero-order valence-corrected chi connectivity index (χ0v) is 8.38. The van der Waals surface area contributed by atoms with E-state index in [1.165, 1.54) is 19.2 Å². The van der Waals surface area contributed by atoms with Gasteiger partial charge < -0.3 is 5.32 Å². The number of carbonyl (C=O) groups excluding carboxylic acids is 1. The standard InChI is InChI=1S/C9H10F3N3O/c1-15(13)8(16)14-7-4-2-3-6(5-7)9(10,11)12/h2-5H,13H2,1H3,(H,14,16). The second-order valence-corrected chi connectivity index (χ2v) is 3.12. The van der Waals surface area contributed by atoms with Gasteiger partial charge >= 0.3 is 12.2 Å². The summed E-state index contributed by atoms with van der Waals surface area (Å²) < 4.78 is 36.9. The van der Waals surface area contributed by atoms with E-state index in [-0.39, 0.29) is 5.69 Å². The van der Waals surface area contributed by atoms with Gasteiger partial charge in [-0.2, -0.15) is 13.2 Å². The van der Waals surface area contributed by atoms with E-state index in [0.717, 1.165) is 17.1 Å². The molecule has 0 saturated heterocycles. The average Bonchev–Trinajstić information content (AvgIpc) is 2.16. The van der Waals surface area contributed by atoms with Crippen LogP contribution in [0.3, 0.4) is 0 Å². The molecule has 1 aromatic carbocycles. The van der Waals surface area contributed by atoms with Gasteiger partial charge in [0.2, 0.25) is 0 Å². The van der Waals surface area contributed by atoms with E-state index >= 15 is 0 Å². The van der Waals surface area contributed by atoms with Crippen molar-refractivity contribution >= 4 is 11.7 Å². The van der Waals surface area contributed by atoms with Gasteiger partial charge in [0.1, 0.15) is 0 Å². The summed E-state index contributed by atoms with van der Waals surface area (Å²) in [5.74, 6) is 5.11. The van der Waals surface area contributed by atoms with Crippen LogP contribution in [0.4, 0.5) is 23.7 Å². The van der Waals surface area contributed by atoms with Gasteiger partial charge in [-0.05, 0) is 18.2 Å². The van der Waals surface area contributed by atoms with Crippen LogP contribution in [-0.2, 0) is 6.18 Å². The number of alkyl halides is 3. The molecule has 7 heteroatoms. The third-order valence-corrected chi connectivity index (χ3v) is 1.76. The van der Waals surface area contributed by atoms with Gasteiger partial charge in [-0.3, -0.25) is 5.01 Å². The molecule has 3 N–H and O–H groups in total. The lowest BCUT2D eigenvalue weighted by Gasteiger charge is -2.13. The number of benzene rings is 1. The number of carbonyl (C=O) groups is 1. The van der Waals surface area contributed by atoms with Crippen LogP contribution in [0.15, 0.2) is 24.3 Å². The number of urea groups is 1. The Hall–Kier alpha value is -1.76. The predicted molar refractivity (Wildman–Crippen MR) is 52.4 cm³/mol.